The summed E-state index contributed by atoms with van der Waals surface area (Å²) >= 11 is 0. The SMILES string of the molecule is C=CC(=O)OCCCCCCOc1ccc(COc2ccc(OCc3ccc(OCCCCCCOC(=O)C=C)cc3)c(C=N)c2)cc1. The average Bonchev–Trinajstić information content (AvgIpc) is 3.12. The van der Waals surface area contributed by atoms with Gasteiger partial charge in [0.25, 0.3) is 0 Å². The van der Waals surface area contributed by atoms with Gasteiger partial charge in [-0.2, -0.15) is 0 Å². The lowest BCUT2D eigenvalue weighted by molar-refractivity contribution is -0.138. The molecule has 0 amide bonds. The number of nitrogens with one attached hydrogen (secondary N) is 1. The second-order valence-electron chi connectivity index (χ2n) is 11.0. The normalized spacial score (nSPS) is 10.4. The molecule has 0 saturated heterocycles. The van der Waals surface area contributed by atoms with Crippen LogP contribution in [0.4, 0.5) is 0 Å². The van der Waals surface area contributed by atoms with Gasteiger partial charge in [-0.3, -0.25) is 0 Å². The summed E-state index contributed by atoms with van der Waals surface area (Å²) in [5, 5.41) is 7.86. The molecule has 0 aliphatic heterocycles. The van der Waals surface area contributed by atoms with Gasteiger partial charge in [-0.25, -0.2) is 9.59 Å². The molecular formula is C39H47NO8. The van der Waals surface area contributed by atoms with Crippen LogP contribution in [-0.2, 0) is 32.3 Å². The van der Waals surface area contributed by atoms with E-state index in [2.05, 4.69) is 13.2 Å². The van der Waals surface area contributed by atoms with Crippen molar-refractivity contribution in [2.75, 3.05) is 26.4 Å². The topological polar surface area (TPSA) is 113 Å². The zero-order chi connectivity index (χ0) is 34.2. The Morgan fingerprint density at radius 1 is 0.542 bits per heavy atom. The number of rotatable bonds is 25. The summed E-state index contributed by atoms with van der Waals surface area (Å²) < 4.78 is 33.6. The Morgan fingerprint density at radius 3 is 1.44 bits per heavy atom. The number of ether oxygens (including phenoxy) is 6. The van der Waals surface area contributed by atoms with Gasteiger partial charge in [0, 0.05) is 23.9 Å². The number of hydrogen-bond acceptors (Lipinski definition) is 9. The predicted octanol–water partition coefficient (Wildman–Crippen LogP) is 8.18. The van der Waals surface area contributed by atoms with Gasteiger partial charge >= 0.3 is 11.9 Å². The number of unbranched alkanes of at least 4 members (excludes halogenated alkanes) is 6. The van der Waals surface area contributed by atoms with E-state index in [1.54, 1.807) is 6.07 Å². The standard InChI is InChI=1S/C39H47NO8/c1-3-38(41)45-25-11-7-5-9-23-43-34-17-13-31(14-18-34)29-47-36-21-22-37(33(27-36)28-40)48-30-32-15-19-35(20-16-32)44-24-10-6-8-12-26-46-39(42)4-2/h3-4,13-22,27-28,40H,1-2,5-12,23-26,29-30H2. The molecule has 0 aliphatic rings. The summed E-state index contributed by atoms with van der Waals surface area (Å²) in [5.74, 6) is 2.11. The molecule has 0 aromatic heterocycles. The molecule has 9 heteroatoms. The Hall–Kier alpha value is -5.05. The molecule has 0 bridgehead atoms. The molecule has 0 heterocycles. The van der Waals surface area contributed by atoms with E-state index in [0.29, 0.717) is 56.7 Å². The molecular weight excluding hydrogens is 610 g/mol. The Morgan fingerprint density at radius 2 is 0.979 bits per heavy atom. The Kier molecular flexibility index (Phi) is 17.5. The van der Waals surface area contributed by atoms with Gasteiger partial charge in [-0.05, 0) is 105 Å². The lowest BCUT2D eigenvalue weighted by atomic mass is 10.2. The minimum atomic E-state index is -0.379. The molecule has 0 unspecified atom stereocenters. The Balaban J connectivity index is 1.31. The lowest BCUT2D eigenvalue weighted by Gasteiger charge is -2.13. The first kappa shape index (κ1) is 37.4. The van der Waals surface area contributed by atoms with Crippen LogP contribution < -0.4 is 18.9 Å². The maximum atomic E-state index is 11.0. The zero-order valence-electron chi connectivity index (χ0n) is 27.7. The highest BCUT2D eigenvalue weighted by Gasteiger charge is 2.07. The summed E-state index contributed by atoms with van der Waals surface area (Å²) in [7, 11) is 0. The van der Waals surface area contributed by atoms with E-state index in [4.69, 9.17) is 33.8 Å². The van der Waals surface area contributed by atoms with Crippen LogP contribution in [0.15, 0.2) is 92.0 Å². The molecule has 0 radical (unpaired) electrons. The largest absolute Gasteiger partial charge is 0.494 e. The third-order valence-electron chi connectivity index (χ3n) is 7.22. The number of hydrogen-bond donors (Lipinski definition) is 1. The van der Waals surface area contributed by atoms with Crippen molar-refractivity contribution in [1.82, 2.24) is 0 Å². The molecule has 0 spiro atoms. The third-order valence-corrected chi connectivity index (χ3v) is 7.22. The van der Waals surface area contributed by atoms with Crippen molar-refractivity contribution in [1.29, 1.82) is 5.41 Å². The molecule has 9 nitrogen and oxygen atoms in total. The molecule has 0 atom stereocenters. The van der Waals surface area contributed by atoms with Crippen LogP contribution in [-0.4, -0.2) is 44.6 Å². The first-order valence-electron chi connectivity index (χ1n) is 16.4. The molecule has 0 saturated carbocycles. The highest BCUT2D eigenvalue weighted by molar-refractivity contribution is 5.82. The van der Waals surface area contributed by atoms with Gasteiger partial charge in [0.15, 0.2) is 0 Å². The van der Waals surface area contributed by atoms with E-state index in [-0.39, 0.29) is 11.9 Å². The predicted molar refractivity (Wildman–Crippen MR) is 186 cm³/mol. The van der Waals surface area contributed by atoms with Gasteiger partial charge < -0.3 is 33.8 Å². The van der Waals surface area contributed by atoms with Crippen LogP contribution in [0.25, 0.3) is 0 Å². The molecule has 256 valence electrons. The minimum absolute atomic E-state index is 0.361. The minimum Gasteiger partial charge on any atom is -0.494 e. The maximum Gasteiger partial charge on any atom is 0.330 e. The maximum absolute atomic E-state index is 11.0. The molecule has 0 fully saturated rings. The number of esters is 2. The summed E-state index contributed by atoms with van der Waals surface area (Å²) in [4.78, 5) is 22.0. The number of carbonyl (C=O) groups is 2. The number of benzene rings is 3. The third kappa shape index (κ3) is 15.0. The summed E-state index contributed by atoms with van der Waals surface area (Å²) in [6.07, 6.45) is 11.1. The van der Waals surface area contributed by atoms with Crippen LogP contribution in [0.1, 0.15) is 68.1 Å². The highest BCUT2D eigenvalue weighted by atomic mass is 16.5. The average molecular weight is 658 g/mol. The zero-order valence-corrected chi connectivity index (χ0v) is 27.7. The lowest BCUT2D eigenvalue weighted by Crippen LogP contribution is -2.02. The van der Waals surface area contributed by atoms with Gasteiger partial charge in [0.05, 0.1) is 26.4 Å². The van der Waals surface area contributed by atoms with E-state index in [1.807, 2.05) is 60.7 Å². The second-order valence-corrected chi connectivity index (χ2v) is 11.0. The first-order valence-corrected chi connectivity index (χ1v) is 16.4. The van der Waals surface area contributed by atoms with Crippen molar-refractivity contribution < 1.29 is 38.0 Å². The fourth-order valence-corrected chi connectivity index (χ4v) is 4.51. The van der Waals surface area contributed by atoms with E-state index in [9.17, 15) is 9.59 Å². The molecule has 1 N–H and O–H groups in total. The summed E-state index contributed by atoms with van der Waals surface area (Å²) in [6, 6.07) is 21.1. The fourth-order valence-electron chi connectivity index (χ4n) is 4.51. The van der Waals surface area contributed by atoms with Crippen molar-refractivity contribution in [3.63, 3.8) is 0 Å². The van der Waals surface area contributed by atoms with Gasteiger partial charge in [0.1, 0.15) is 36.2 Å². The van der Waals surface area contributed by atoms with Crippen LogP contribution in [0, 0.1) is 5.41 Å². The second kappa shape index (κ2) is 22.5. The molecule has 3 rings (SSSR count). The van der Waals surface area contributed by atoms with E-state index >= 15 is 0 Å². The van der Waals surface area contributed by atoms with E-state index < -0.39 is 0 Å². The van der Waals surface area contributed by atoms with Crippen molar-refractivity contribution >= 4 is 18.2 Å². The Bertz CT molecular complexity index is 1420. The van der Waals surface area contributed by atoms with Crippen LogP contribution >= 0.6 is 0 Å². The quantitative estimate of drug-likeness (QED) is 0.0420. The first-order chi connectivity index (χ1) is 23.5. The molecule has 3 aromatic carbocycles. The fraction of sp³-hybridized carbons (Fsp3) is 0.359. The van der Waals surface area contributed by atoms with Crippen molar-refractivity contribution in [3.05, 3.63) is 109 Å². The van der Waals surface area contributed by atoms with Crippen molar-refractivity contribution in [2.24, 2.45) is 0 Å². The van der Waals surface area contributed by atoms with Gasteiger partial charge in [-0.15, -0.1) is 0 Å². The number of carbonyl (C=O) groups excluding carboxylic acids is 2. The smallest absolute Gasteiger partial charge is 0.330 e. The monoisotopic (exact) mass is 657 g/mol. The van der Waals surface area contributed by atoms with E-state index in [1.165, 1.54) is 18.4 Å². The molecule has 0 aliphatic carbocycles. The summed E-state index contributed by atoms with van der Waals surface area (Å²) in [5.41, 5.74) is 2.63. The van der Waals surface area contributed by atoms with Crippen molar-refractivity contribution in [2.45, 2.75) is 64.6 Å². The van der Waals surface area contributed by atoms with Gasteiger partial charge in [0.2, 0.25) is 0 Å². The highest BCUT2D eigenvalue weighted by Crippen LogP contribution is 2.25. The van der Waals surface area contributed by atoms with Gasteiger partial charge in [-0.1, -0.05) is 37.4 Å². The van der Waals surface area contributed by atoms with E-state index in [0.717, 1.165) is 74.0 Å². The van der Waals surface area contributed by atoms with Crippen LogP contribution in [0.2, 0.25) is 0 Å². The molecule has 48 heavy (non-hydrogen) atoms. The van der Waals surface area contributed by atoms with Crippen LogP contribution in [0.3, 0.4) is 0 Å². The summed E-state index contributed by atoms with van der Waals surface area (Å²) in [6.45, 7) is 9.60. The van der Waals surface area contributed by atoms with Crippen molar-refractivity contribution in [3.8, 4) is 23.0 Å². The molecule has 3 aromatic rings. The Labute approximate surface area is 284 Å². The van der Waals surface area contributed by atoms with Crippen LogP contribution in [0.5, 0.6) is 23.0 Å².